The number of halogens is 6. The van der Waals surface area contributed by atoms with E-state index in [0.717, 1.165) is 17.8 Å². The number of benzene rings is 1. The van der Waals surface area contributed by atoms with Crippen LogP contribution in [0.5, 0.6) is 0 Å². The van der Waals surface area contributed by atoms with Gasteiger partial charge in [0.05, 0.1) is 16.0 Å². The Morgan fingerprint density at radius 2 is 1.74 bits per heavy atom. The molecule has 2 heterocycles. The molecule has 1 aromatic carbocycles. The third-order valence-electron chi connectivity index (χ3n) is 6.57. The second-order valence-corrected chi connectivity index (χ2v) is 12.0. The zero-order chi connectivity index (χ0) is 29.3. The van der Waals surface area contributed by atoms with Crippen LogP contribution in [-0.2, 0) is 23.7 Å². The minimum atomic E-state index is -4.91. The van der Waals surface area contributed by atoms with Crippen LogP contribution in [0.1, 0.15) is 50.3 Å². The molecule has 1 unspecified atom stereocenters. The van der Waals surface area contributed by atoms with E-state index in [1.54, 1.807) is 19.0 Å². The summed E-state index contributed by atoms with van der Waals surface area (Å²) in [6.07, 6.45) is -6.72. The molecule has 0 bridgehead atoms. The molecule has 2 amide bonds. The van der Waals surface area contributed by atoms with E-state index in [9.17, 15) is 35.9 Å². The van der Waals surface area contributed by atoms with Crippen LogP contribution in [0.4, 0.5) is 31.1 Å². The lowest BCUT2D eigenvalue weighted by Crippen LogP contribution is -2.42. The minimum absolute atomic E-state index is 0.00831. The first-order chi connectivity index (χ1) is 17.9. The molecule has 1 N–H and O–H groups in total. The van der Waals surface area contributed by atoms with Crippen LogP contribution < -0.4 is 5.32 Å². The number of likely N-dealkylation sites (tertiary alicyclic amines) is 1. The van der Waals surface area contributed by atoms with Gasteiger partial charge in [-0.05, 0) is 66.7 Å². The Kier molecular flexibility index (Phi) is 9.15. The second-order valence-electron chi connectivity index (χ2n) is 11.0. The summed E-state index contributed by atoms with van der Waals surface area (Å²) in [5, 5.41) is 2.39. The molecule has 2 aliphatic rings. The average Bonchev–Trinajstić information content (AvgIpc) is 3.14. The number of amidine groups is 1. The number of carbonyl (C=O) groups excluding carboxylic acids is 2. The van der Waals surface area contributed by atoms with Crippen molar-refractivity contribution < 1.29 is 35.9 Å². The first kappa shape index (κ1) is 31.0. The fourth-order valence-corrected chi connectivity index (χ4v) is 5.23. The van der Waals surface area contributed by atoms with Crippen LogP contribution in [0.2, 0.25) is 0 Å². The maximum absolute atomic E-state index is 13.5. The SMILES string of the molecule is CN(C)C(=O)C(N=C1NC(=O)S/C1=C\C1CCN(Cc2ccc(C(F)(F)F)cc2C(F)(F)F)CC1)C(C)(C)C. The summed E-state index contributed by atoms with van der Waals surface area (Å²) in [7, 11) is 3.27. The number of carbonyl (C=O) groups is 2. The maximum Gasteiger partial charge on any atom is 0.416 e. The highest BCUT2D eigenvalue weighted by molar-refractivity contribution is 8.18. The molecule has 13 heteroatoms. The van der Waals surface area contributed by atoms with Gasteiger partial charge in [-0.2, -0.15) is 26.3 Å². The van der Waals surface area contributed by atoms with Crippen molar-refractivity contribution in [3.63, 3.8) is 0 Å². The number of piperidine rings is 1. The predicted octanol–water partition coefficient (Wildman–Crippen LogP) is 6.18. The first-order valence-electron chi connectivity index (χ1n) is 12.4. The number of allylic oxidation sites excluding steroid dienone is 1. The minimum Gasteiger partial charge on any atom is -0.347 e. The van der Waals surface area contributed by atoms with Gasteiger partial charge in [-0.1, -0.05) is 32.9 Å². The Labute approximate surface area is 227 Å². The zero-order valence-corrected chi connectivity index (χ0v) is 23.2. The van der Waals surface area contributed by atoms with Crippen molar-refractivity contribution in [1.82, 2.24) is 15.1 Å². The van der Waals surface area contributed by atoms with Crippen molar-refractivity contribution in [3.8, 4) is 0 Å². The van der Waals surface area contributed by atoms with Crippen molar-refractivity contribution in [2.24, 2.45) is 16.3 Å². The van der Waals surface area contributed by atoms with Crippen LogP contribution in [0.25, 0.3) is 0 Å². The summed E-state index contributed by atoms with van der Waals surface area (Å²) < 4.78 is 79.5. The Balaban J connectivity index is 1.74. The lowest BCUT2D eigenvalue weighted by molar-refractivity contribution is -0.143. The first-order valence-corrected chi connectivity index (χ1v) is 13.2. The van der Waals surface area contributed by atoms with Gasteiger partial charge >= 0.3 is 12.4 Å². The molecule has 1 aromatic rings. The number of alkyl halides is 6. The van der Waals surface area contributed by atoms with Crippen LogP contribution in [0.3, 0.4) is 0 Å². The number of hydrogen-bond donors (Lipinski definition) is 1. The van der Waals surface area contributed by atoms with Gasteiger partial charge in [0.1, 0.15) is 11.9 Å². The molecule has 3 rings (SSSR count). The molecule has 6 nitrogen and oxygen atoms in total. The summed E-state index contributed by atoms with van der Waals surface area (Å²) >= 11 is 0.976. The Bertz CT molecular complexity index is 1150. The molecule has 2 aliphatic heterocycles. The van der Waals surface area contributed by atoms with E-state index in [1.165, 1.54) is 4.90 Å². The summed E-state index contributed by atoms with van der Waals surface area (Å²) in [6.45, 7) is 6.37. The number of thioether (sulfide) groups is 1. The number of aliphatic imine (C=N–C) groups is 1. The van der Waals surface area contributed by atoms with E-state index < -0.39 is 34.9 Å². The van der Waals surface area contributed by atoms with E-state index in [-0.39, 0.29) is 35.2 Å². The number of nitrogens with zero attached hydrogens (tertiary/aromatic N) is 3. The van der Waals surface area contributed by atoms with Crippen molar-refractivity contribution in [2.45, 2.75) is 58.6 Å². The third-order valence-corrected chi connectivity index (χ3v) is 7.40. The summed E-state index contributed by atoms with van der Waals surface area (Å²) in [4.78, 5) is 33.3. The molecule has 216 valence electrons. The highest BCUT2D eigenvalue weighted by atomic mass is 32.2. The van der Waals surface area contributed by atoms with Gasteiger partial charge in [0, 0.05) is 20.6 Å². The fourth-order valence-electron chi connectivity index (χ4n) is 4.42. The van der Waals surface area contributed by atoms with Gasteiger partial charge in [-0.3, -0.25) is 19.5 Å². The van der Waals surface area contributed by atoms with Crippen molar-refractivity contribution >= 4 is 28.7 Å². The highest BCUT2D eigenvalue weighted by Crippen LogP contribution is 2.38. The number of nitrogens with one attached hydrogen (secondary N) is 1. The molecule has 0 saturated carbocycles. The van der Waals surface area contributed by atoms with Crippen LogP contribution in [0, 0.1) is 11.3 Å². The molecule has 0 radical (unpaired) electrons. The molecular weight excluding hydrogens is 546 g/mol. The second kappa shape index (κ2) is 11.5. The van der Waals surface area contributed by atoms with E-state index in [0.29, 0.717) is 42.7 Å². The number of amides is 2. The van der Waals surface area contributed by atoms with Crippen molar-refractivity contribution in [3.05, 3.63) is 45.9 Å². The van der Waals surface area contributed by atoms with Gasteiger partial charge in [-0.15, -0.1) is 0 Å². The average molecular weight is 579 g/mol. The molecular formula is C26H32F6N4O2S. The number of hydrogen-bond acceptors (Lipinski definition) is 5. The van der Waals surface area contributed by atoms with E-state index >= 15 is 0 Å². The number of rotatable bonds is 5. The topological polar surface area (TPSA) is 65.0 Å². The standard InChI is InChI=1S/C26H32F6N4O2S/c1-24(2,3)20(22(37)35(4)5)33-21-19(39-23(38)34-21)12-15-8-10-36(11-9-15)14-16-6-7-17(25(27,28)29)13-18(16)26(30,31)32/h6-7,12-13,15,20H,8-11,14H2,1-5H3,(H,33,34,38)/b19-12-. The van der Waals surface area contributed by atoms with Crippen LogP contribution in [-0.4, -0.2) is 60.0 Å². The molecule has 2 saturated heterocycles. The highest BCUT2D eigenvalue weighted by Gasteiger charge is 2.39. The molecule has 0 aliphatic carbocycles. The Morgan fingerprint density at radius 3 is 2.26 bits per heavy atom. The Morgan fingerprint density at radius 1 is 1.13 bits per heavy atom. The van der Waals surface area contributed by atoms with E-state index in [2.05, 4.69) is 10.3 Å². The summed E-state index contributed by atoms with van der Waals surface area (Å²) in [5.41, 5.74) is -3.33. The third kappa shape index (κ3) is 8.00. The van der Waals surface area contributed by atoms with Gasteiger partial charge < -0.3 is 10.2 Å². The zero-order valence-electron chi connectivity index (χ0n) is 22.3. The van der Waals surface area contributed by atoms with Crippen LogP contribution >= 0.6 is 11.8 Å². The Hall–Kier alpha value is -2.54. The van der Waals surface area contributed by atoms with Gasteiger partial charge in [0.2, 0.25) is 5.91 Å². The smallest absolute Gasteiger partial charge is 0.347 e. The molecule has 0 aromatic heterocycles. The quantitative estimate of drug-likeness (QED) is 0.424. The lowest BCUT2D eigenvalue weighted by Gasteiger charge is -2.31. The summed E-state index contributed by atoms with van der Waals surface area (Å²) in [5.74, 6) is 0.131. The van der Waals surface area contributed by atoms with Gasteiger partial charge in [0.15, 0.2) is 0 Å². The largest absolute Gasteiger partial charge is 0.416 e. The maximum atomic E-state index is 13.5. The summed E-state index contributed by atoms with van der Waals surface area (Å²) in [6, 6.07) is 1.02. The number of likely N-dealkylation sites (N-methyl/N-ethyl adjacent to an activating group) is 1. The van der Waals surface area contributed by atoms with Crippen LogP contribution in [0.15, 0.2) is 34.2 Å². The molecule has 39 heavy (non-hydrogen) atoms. The molecule has 0 spiro atoms. The fraction of sp³-hybridized carbons (Fsp3) is 0.577. The van der Waals surface area contributed by atoms with Gasteiger partial charge in [-0.25, -0.2) is 0 Å². The van der Waals surface area contributed by atoms with Crippen molar-refractivity contribution in [2.75, 3.05) is 27.2 Å². The predicted molar refractivity (Wildman–Crippen MR) is 138 cm³/mol. The van der Waals surface area contributed by atoms with E-state index in [4.69, 9.17) is 0 Å². The normalized spacial score (nSPS) is 20.9. The molecule has 1 atom stereocenters. The molecule has 2 fully saturated rings. The van der Waals surface area contributed by atoms with E-state index in [1.807, 2.05) is 26.8 Å². The lowest BCUT2D eigenvalue weighted by atomic mass is 9.86. The monoisotopic (exact) mass is 578 g/mol. The van der Waals surface area contributed by atoms with Crippen molar-refractivity contribution in [1.29, 1.82) is 0 Å². The van der Waals surface area contributed by atoms with Gasteiger partial charge in [0.25, 0.3) is 5.24 Å².